The topological polar surface area (TPSA) is 72.2 Å². The first-order chi connectivity index (χ1) is 14.2. The standard InChI is InChI=1S/C22H21N5OS/c1-16(17-8-4-2-5-9-17)29-21-13-12-19-24-25-20(27(19)26-21)14-15-23-22(28)18-10-6-3-7-11-18/h2-13,16H,14-15H2,1H3,(H,23,28)/t16-/m1/s1. The Morgan fingerprint density at radius 1 is 1.00 bits per heavy atom. The van der Waals surface area contributed by atoms with E-state index in [1.165, 1.54) is 5.56 Å². The highest BCUT2D eigenvalue weighted by Crippen LogP contribution is 2.33. The number of rotatable bonds is 7. The zero-order valence-corrected chi connectivity index (χ0v) is 16.8. The third-order valence-electron chi connectivity index (χ3n) is 4.54. The van der Waals surface area contributed by atoms with E-state index in [1.807, 2.05) is 48.5 Å². The predicted octanol–water partition coefficient (Wildman–Crippen LogP) is 3.95. The average molecular weight is 404 g/mol. The lowest BCUT2D eigenvalue weighted by Crippen LogP contribution is -2.26. The van der Waals surface area contributed by atoms with Crippen LogP contribution in [0.4, 0.5) is 0 Å². The van der Waals surface area contributed by atoms with Crippen molar-refractivity contribution in [2.75, 3.05) is 6.54 Å². The molecule has 6 nitrogen and oxygen atoms in total. The number of benzene rings is 2. The highest BCUT2D eigenvalue weighted by atomic mass is 32.2. The van der Waals surface area contributed by atoms with Crippen LogP contribution in [0.25, 0.3) is 5.65 Å². The minimum absolute atomic E-state index is 0.0969. The highest BCUT2D eigenvalue weighted by molar-refractivity contribution is 7.99. The van der Waals surface area contributed by atoms with Crippen molar-refractivity contribution in [1.29, 1.82) is 0 Å². The van der Waals surface area contributed by atoms with Gasteiger partial charge in [-0.3, -0.25) is 4.79 Å². The Labute approximate surface area is 173 Å². The predicted molar refractivity (Wildman–Crippen MR) is 114 cm³/mol. The van der Waals surface area contributed by atoms with Gasteiger partial charge in [0.15, 0.2) is 11.5 Å². The molecule has 0 aliphatic carbocycles. The Morgan fingerprint density at radius 2 is 1.72 bits per heavy atom. The molecule has 1 atom stereocenters. The molecule has 0 saturated carbocycles. The second-order valence-corrected chi connectivity index (χ2v) is 7.96. The number of hydrogen-bond donors (Lipinski definition) is 1. The second kappa shape index (κ2) is 8.87. The Balaban J connectivity index is 1.42. The fraction of sp³-hybridized carbons (Fsp3) is 0.182. The van der Waals surface area contributed by atoms with Gasteiger partial charge in [0.1, 0.15) is 5.03 Å². The lowest BCUT2D eigenvalue weighted by atomic mass is 10.2. The number of carbonyl (C=O) groups excluding carboxylic acids is 1. The van der Waals surface area contributed by atoms with Crippen molar-refractivity contribution < 1.29 is 4.79 Å². The molecular formula is C22H21N5OS. The number of aromatic nitrogens is 4. The van der Waals surface area contributed by atoms with E-state index in [0.29, 0.717) is 24.2 Å². The van der Waals surface area contributed by atoms with Crippen LogP contribution in [0.3, 0.4) is 0 Å². The SMILES string of the molecule is C[C@@H](Sc1ccc2nnc(CCNC(=O)c3ccccc3)n2n1)c1ccccc1. The number of nitrogens with zero attached hydrogens (tertiary/aromatic N) is 4. The molecule has 4 rings (SSSR count). The van der Waals surface area contributed by atoms with Gasteiger partial charge in [-0.2, -0.15) is 9.61 Å². The van der Waals surface area contributed by atoms with Gasteiger partial charge in [0.25, 0.3) is 5.91 Å². The monoisotopic (exact) mass is 403 g/mol. The molecule has 2 heterocycles. The normalized spacial score (nSPS) is 12.0. The van der Waals surface area contributed by atoms with Gasteiger partial charge in [0, 0.05) is 23.8 Å². The van der Waals surface area contributed by atoms with Gasteiger partial charge in [-0.15, -0.1) is 10.2 Å². The lowest BCUT2D eigenvalue weighted by Gasteiger charge is -2.11. The molecule has 4 aromatic rings. The summed E-state index contributed by atoms with van der Waals surface area (Å²) in [6.07, 6.45) is 0.551. The van der Waals surface area contributed by atoms with E-state index >= 15 is 0 Å². The van der Waals surface area contributed by atoms with Crippen LogP contribution in [0, 0.1) is 0 Å². The van der Waals surface area contributed by atoms with Crippen LogP contribution < -0.4 is 5.32 Å². The molecular weight excluding hydrogens is 382 g/mol. The van der Waals surface area contributed by atoms with E-state index in [9.17, 15) is 4.79 Å². The van der Waals surface area contributed by atoms with Crippen molar-refractivity contribution in [2.45, 2.75) is 23.6 Å². The molecule has 0 spiro atoms. The van der Waals surface area contributed by atoms with Gasteiger partial charge in [0.05, 0.1) is 0 Å². The second-order valence-electron chi connectivity index (χ2n) is 6.60. The summed E-state index contributed by atoms with van der Waals surface area (Å²) in [5.74, 6) is 0.628. The quantitative estimate of drug-likeness (QED) is 0.473. The summed E-state index contributed by atoms with van der Waals surface area (Å²) >= 11 is 1.69. The number of thioether (sulfide) groups is 1. The number of fused-ring (bicyclic) bond motifs is 1. The van der Waals surface area contributed by atoms with Crippen LogP contribution in [-0.4, -0.2) is 32.3 Å². The Bertz CT molecular complexity index is 1100. The van der Waals surface area contributed by atoms with Gasteiger partial charge in [-0.1, -0.05) is 60.3 Å². The van der Waals surface area contributed by atoms with E-state index in [-0.39, 0.29) is 11.2 Å². The van der Waals surface area contributed by atoms with Crippen LogP contribution >= 0.6 is 11.8 Å². The summed E-state index contributed by atoms with van der Waals surface area (Å²) in [6, 6.07) is 23.4. The van der Waals surface area contributed by atoms with Crippen LogP contribution in [0.2, 0.25) is 0 Å². The van der Waals surface area contributed by atoms with E-state index in [2.05, 4.69) is 34.6 Å². The maximum atomic E-state index is 12.2. The molecule has 0 radical (unpaired) electrons. The van der Waals surface area contributed by atoms with Gasteiger partial charge in [-0.05, 0) is 36.8 Å². The maximum Gasteiger partial charge on any atom is 0.251 e. The molecule has 0 bridgehead atoms. The first-order valence-electron chi connectivity index (χ1n) is 9.47. The smallest absolute Gasteiger partial charge is 0.251 e. The molecule has 1 amide bonds. The summed E-state index contributed by atoms with van der Waals surface area (Å²) in [7, 11) is 0. The minimum atomic E-state index is -0.0969. The first-order valence-corrected chi connectivity index (χ1v) is 10.3. The van der Waals surface area contributed by atoms with Crippen molar-refractivity contribution in [3.8, 4) is 0 Å². The van der Waals surface area contributed by atoms with Crippen LogP contribution in [-0.2, 0) is 6.42 Å². The van der Waals surface area contributed by atoms with E-state index in [1.54, 1.807) is 28.4 Å². The number of nitrogens with one attached hydrogen (secondary N) is 1. The van der Waals surface area contributed by atoms with Crippen molar-refractivity contribution >= 4 is 23.3 Å². The van der Waals surface area contributed by atoms with Crippen molar-refractivity contribution in [3.63, 3.8) is 0 Å². The molecule has 146 valence electrons. The molecule has 0 saturated heterocycles. The van der Waals surface area contributed by atoms with Crippen molar-refractivity contribution in [3.05, 3.63) is 89.7 Å². The zero-order valence-electron chi connectivity index (χ0n) is 16.0. The van der Waals surface area contributed by atoms with Crippen LogP contribution in [0.15, 0.2) is 77.8 Å². The first kappa shape index (κ1) is 19.1. The average Bonchev–Trinajstić information content (AvgIpc) is 3.17. The summed E-state index contributed by atoms with van der Waals surface area (Å²) < 4.78 is 1.76. The molecule has 2 aromatic heterocycles. The summed E-state index contributed by atoms with van der Waals surface area (Å²) in [5, 5.41) is 17.2. The Hall–Kier alpha value is -3.19. The van der Waals surface area contributed by atoms with Crippen molar-refractivity contribution in [2.24, 2.45) is 0 Å². The molecule has 0 aliphatic rings. The fourth-order valence-corrected chi connectivity index (χ4v) is 3.92. The molecule has 0 unspecified atom stereocenters. The number of amides is 1. The number of hydrogen-bond acceptors (Lipinski definition) is 5. The summed E-state index contributed by atoms with van der Waals surface area (Å²) in [6.45, 7) is 2.63. The Morgan fingerprint density at radius 3 is 2.48 bits per heavy atom. The summed E-state index contributed by atoms with van der Waals surface area (Å²) in [5.41, 5.74) is 2.60. The minimum Gasteiger partial charge on any atom is -0.352 e. The lowest BCUT2D eigenvalue weighted by molar-refractivity contribution is 0.0954. The van der Waals surface area contributed by atoms with Crippen LogP contribution in [0.5, 0.6) is 0 Å². The van der Waals surface area contributed by atoms with Crippen molar-refractivity contribution in [1.82, 2.24) is 25.1 Å². The zero-order chi connectivity index (χ0) is 20.1. The van der Waals surface area contributed by atoms with Gasteiger partial charge in [0.2, 0.25) is 0 Å². The molecule has 7 heteroatoms. The van der Waals surface area contributed by atoms with E-state index in [0.717, 1.165) is 10.9 Å². The molecule has 1 N–H and O–H groups in total. The van der Waals surface area contributed by atoms with Gasteiger partial charge < -0.3 is 5.32 Å². The highest BCUT2D eigenvalue weighted by Gasteiger charge is 2.12. The molecule has 29 heavy (non-hydrogen) atoms. The third kappa shape index (κ3) is 4.63. The van der Waals surface area contributed by atoms with E-state index < -0.39 is 0 Å². The molecule has 2 aromatic carbocycles. The molecule has 0 aliphatic heterocycles. The third-order valence-corrected chi connectivity index (χ3v) is 5.62. The summed E-state index contributed by atoms with van der Waals surface area (Å²) in [4.78, 5) is 12.2. The fourth-order valence-electron chi connectivity index (χ4n) is 2.99. The largest absolute Gasteiger partial charge is 0.352 e. The van der Waals surface area contributed by atoms with Gasteiger partial charge in [-0.25, -0.2) is 0 Å². The molecule has 0 fully saturated rings. The number of carbonyl (C=O) groups is 1. The van der Waals surface area contributed by atoms with Gasteiger partial charge >= 0.3 is 0 Å². The van der Waals surface area contributed by atoms with Crippen LogP contribution in [0.1, 0.15) is 33.9 Å². The maximum absolute atomic E-state index is 12.2. The Kier molecular flexibility index (Phi) is 5.86. The van der Waals surface area contributed by atoms with E-state index in [4.69, 9.17) is 5.10 Å².